The van der Waals surface area contributed by atoms with E-state index >= 15 is 0 Å². The van der Waals surface area contributed by atoms with E-state index in [1.165, 1.54) is 6.08 Å². The molecule has 0 aliphatic carbocycles. The van der Waals surface area contributed by atoms with Gasteiger partial charge in [0, 0.05) is 6.61 Å². The lowest BCUT2D eigenvalue weighted by Crippen LogP contribution is -2.40. The van der Waals surface area contributed by atoms with Gasteiger partial charge in [0.05, 0.1) is 6.61 Å². The Bertz CT molecular complexity index is 219. The lowest BCUT2D eigenvalue weighted by atomic mass is 10.2. The second-order valence-corrected chi connectivity index (χ2v) is 10.0. The third kappa shape index (κ3) is 5.44. The van der Waals surface area contributed by atoms with Gasteiger partial charge in [-0.1, -0.05) is 20.8 Å². The highest BCUT2D eigenvalue weighted by Crippen LogP contribution is 2.36. The number of rotatable bonds is 5. The summed E-state index contributed by atoms with van der Waals surface area (Å²) in [5, 5.41) is 8.63. The fourth-order valence-corrected chi connectivity index (χ4v) is 1.87. The minimum atomic E-state index is -1.70. The Morgan fingerprint density at radius 3 is 2.33 bits per heavy atom. The fraction of sp³-hybridized carbons (Fsp3) is 0.818. The largest absolute Gasteiger partial charge is 0.417 e. The van der Waals surface area contributed by atoms with E-state index in [4.69, 9.17) is 9.53 Å². The van der Waals surface area contributed by atoms with Gasteiger partial charge in [-0.25, -0.2) is 4.39 Å². The molecule has 0 atom stereocenters. The first-order valence-corrected chi connectivity index (χ1v) is 8.21. The Hall–Kier alpha value is -0.193. The zero-order valence-electron chi connectivity index (χ0n) is 10.4. The highest BCUT2D eigenvalue weighted by molar-refractivity contribution is 6.74. The SMILES string of the molecule is CC(C)(C)[Si](C)(C)OCC/C=C(/F)CO. The van der Waals surface area contributed by atoms with Crippen LogP contribution in [0.4, 0.5) is 4.39 Å². The summed E-state index contributed by atoms with van der Waals surface area (Å²) in [4.78, 5) is 0. The molecule has 0 aromatic rings. The molecule has 0 radical (unpaired) electrons. The molecule has 0 aromatic heterocycles. The maximum absolute atomic E-state index is 12.6. The number of aliphatic hydroxyl groups excluding tert-OH is 1. The molecule has 0 fully saturated rings. The van der Waals surface area contributed by atoms with Crippen LogP contribution in [-0.4, -0.2) is 26.6 Å². The topological polar surface area (TPSA) is 29.5 Å². The van der Waals surface area contributed by atoms with Gasteiger partial charge < -0.3 is 9.53 Å². The van der Waals surface area contributed by atoms with E-state index in [9.17, 15) is 4.39 Å². The lowest BCUT2D eigenvalue weighted by molar-refractivity contribution is 0.284. The minimum Gasteiger partial charge on any atom is -0.417 e. The molecule has 0 heterocycles. The van der Waals surface area contributed by atoms with Crippen LogP contribution in [0.2, 0.25) is 18.1 Å². The maximum atomic E-state index is 12.6. The molecule has 4 heteroatoms. The van der Waals surface area contributed by atoms with Gasteiger partial charge in [-0.15, -0.1) is 0 Å². The molecule has 0 aliphatic heterocycles. The molecule has 0 saturated heterocycles. The first-order valence-electron chi connectivity index (χ1n) is 5.30. The standard InChI is InChI=1S/C11H23FO2Si/c1-11(2,3)15(4,5)14-8-6-7-10(12)9-13/h7,13H,6,8-9H2,1-5H3/b10-7+. The molecular weight excluding hydrogens is 211 g/mol. The molecule has 0 aromatic carbocycles. The van der Waals surface area contributed by atoms with E-state index in [-0.39, 0.29) is 5.04 Å². The molecule has 0 spiro atoms. The van der Waals surface area contributed by atoms with Crippen molar-refractivity contribution in [3.63, 3.8) is 0 Å². The van der Waals surface area contributed by atoms with Crippen LogP contribution in [0.1, 0.15) is 27.2 Å². The number of halogens is 1. The van der Waals surface area contributed by atoms with Crippen LogP contribution in [0.15, 0.2) is 11.9 Å². The highest BCUT2D eigenvalue weighted by atomic mass is 28.4. The van der Waals surface area contributed by atoms with Gasteiger partial charge in [-0.2, -0.15) is 0 Å². The monoisotopic (exact) mass is 234 g/mol. The third-order valence-corrected chi connectivity index (χ3v) is 7.44. The van der Waals surface area contributed by atoms with Gasteiger partial charge in [0.25, 0.3) is 0 Å². The second-order valence-electron chi connectivity index (χ2n) is 5.21. The Morgan fingerprint density at radius 1 is 1.40 bits per heavy atom. The fourth-order valence-electron chi connectivity index (χ4n) is 0.811. The van der Waals surface area contributed by atoms with E-state index < -0.39 is 20.8 Å². The first kappa shape index (κ1) is 14.8. The maximum Gasteiger partial charge on any atom is 0.191 e. The van der Waals surface area contributed by atoms with Crippen LogP contribution in [0.3, 0.4) is 0 Å². The van der Waals surface area contributed by atoms with Crippen molar-refractivity contribution in [2.75, 3.05) is 13.2 Å². The van der Waals surface area contributed by atoms with Gasteiger partial charge in [-0.3, -0.25) is 0 Å². The van der Waals surface area contributed by atoms with E-state index in [0.29, 0.717) is 13.0 Å². The van der Waals surface area contributed by atoms with Crippen LogP contribution in [0, 0.1) is 0 Å². The minimum absolute atomic E-state index is 0.187. The summed E-state index contributed by atoms with van der Waals surface area (Å²) in [6, 6.07) is 0. The van der Waals surface area contributed by atoms with Gasteiger partial charge in [-0.05, 0) is 30.6 Å². The smallest absolute Gasteiger partial charge is 0.191 e. The first-order chi connectivity index (χ1) is 6.70. The summed E-state index contributed by atoms with van der Waals surface area (Å²) >= 11 is 0. The van der Waals surface area contributed by atoms with E-state index in [2.05, 4.69) is 33.9 Å². The number of hydrogen-bond acceptors (Lipinski definition) is 2. The predicted octanol–water partition coefficient (Wildman–Crippen LogP) is 3.24. The summed E-state index contributed by atoms with van der Waals surface area (Å²) in [5.74, 6) is -0.478. The highest BCUT2D eigenvalue weighted by Gasteiger charge is 2.36. The Morgan fingerprint density at radius 2 is 1.93 bits per heavy atom. The molecule has 0 aliphatic rings. The second kappa shape index (κ2) is 5.77. The Balaban J connectivity index is 3.97. The molecule has 0 amide bonds. The Kier molecular flexibility index (Phi) is 5.70. The van der Waals surface area contributed by atoms with Crippen molar-refractivity contribution < 1.29 is 13.9 Å². The zero-order valence-corrected chi connectivity index (χ0v) is 11.4. The average Bonchev–Trinajstić information content (AvgIpc) is 2.10. The molecule has 2 nitrogen and oxygen atoms in total. The third-order valence-electron chi connectivity index (χ3n) is 2.90. The van der Waals surface area contributed by atoms with Gasteiger partial charge >= 0.3 is 0 Å². The van der Waals surface area contributed by atoms with Crippen LogP contribution in [0.25, 0.3) is 0 Å². The van der Waals surface area contributed by atoms with Crippen LogP contribution in [0.5, 0.6) is 0 Å². The average molecular weight is 234 g/mol. The summed E-state index contributed by atoms with van der Waals surface area (Å²) < 4.78 is 18.4. The molecule has 0 rings (SSSR count). The molecule has 0 bridgehead atoms. The van der Waals surface area contributed by atoms with Crippen molar-refractivity contribution in [1.29, 1.82) is 0 Å². The van der Waals surface area contributed by atoms with Crippen molar-refractivity contribution in [2.45, 2.75) is 45.3 Å². The van der Waals surface area contributed by atoms with Crippen molar-refractivity contribution in [2.24, 2.45) is 0 Å². The van der Waals surface area contributed by atoms with E-state index in [0.717, 1.165) is 0 Å². The molecule has 1 N–H and O–H groups in total. The van der Waals surface area contributed by atoms with Crippen molar-refractivity contribution in [3.8, 4) is 0 Å². The molecular formula is C11H23FO2Si. The molecule has 15 heavy (non-hydrogen) atoms. The molecule has 90 valence electrons. The summed E-state index contributed by atoms with van der Waals surface area (Å²) in [7, 11) is -1.70. The van der Waals surface area contributed by atoms with Crippen LogP contribution in [-0.2, 0) is 4.43 Å². The number of aliphatic hydroxyl groups is 1. The van der Waals surface area contributed by atoms with Gasteiger partial charge in [0.1, 0.15) is 5.83 Å². The normalized spacial score (nSPS) is 14.5. The van der Waals surface area contributed by atoms with Crippen molar-refractivity contribution in [1.82, 2.24) is 0 Å². The summed E-state index contributed by atoms with van der Waals surface area (Å²) in [6.45, 7) is 10.9. The zero-order chi connectivity index (χ0) is 12.1. The molecule has 0 unspecified atom stereocenters. The van der Waals surface area contributed by atoms with Crippen LogP contribution >= 0.6 is 0 Å². The lowest BCUT2D eigenvalue weighted by Gasteiger charge is -2.36. The number of hydrogen-bond donors (Lipinski definition) is 1. The molecule has 0 saturated carbocycles. The van der Waals surface area contributed by atoms with Gasteiger partial charge in [0.15, 0.2) is 8.32 Å². The quantitative estimate of drug-likeness (QED) is 0.584. The van der Waals surface area contributed by atoms with E-state index in [1.54, 1.807) is 0 Å². The Labute approximate surface area is 93.3 Å². The van der Waals surface area contributed by atoms with Crippen LogP contribution < -0.4 is 0 Å². The summed E-state index contributed by atoms with van der Waals surface area (Å²) in [6.07, 6.45) is 1.91. The predicted molar refractivity (Wildman–Crippen MR) is 64.0 cm³/mol. The van der Waals surface area contributed by atoms with E-state index in [1.807, 2.05) is 0 Å². The van der Waals surface area contributed by atoms with Crippen molar-refractivity contribution >= 4 is 8.32 Å². The van der Waals surface area contributed by atoms with Gasteiger partial charge in [0.2, 0.25) is 0 Å². The summed E-state index contributed by atoms with van der Waals surface area (Å²) in [5.41, 5.74) is 0. The van der Waals surface area contributed by atoms with Crippen molar-refractivity contribution in [3.05, 3.63) is 11.9 Å².